The molecule has 1 atom stereocenters. The van der Waals surface area contributed by atoms with Gasteiger partial charge in [0.25, 0.3) is 0 Å². The van der Waals surface area contributed by atoms with Crippen molar-refractivity contribution in [1.82, 2.24) is 0 Å². The molecule has 1 aromatic rings. The Morgan fingerprint density at radius 2 is 2.25 bits per heavy atom. The fourth-order valence-electron chi connectivity index (χ4n) is 1.88. The molecule has 0 saturated carbocycles. The van der Waals surface area contributed by atoms with Crippen LogP contribution in [0.25, 0.3) is 0 Å². The molecule has 86 valence electrons. The zero-order chi connectivity index (χ0) is 11.7. The van der Waals surface area contributed by atoms with E-state index in [0.717, 1.165) is 17.1 Å². The molecular weight excluding hydrogens is 204 g/mol. The zero-order valence-corrected chi connectivity index (χ0v) is 9.78. The Morgan fingerprint density at radius 3 is 2.94 bits per heavy atom. The SMILES string of the molecule is COc1ccc2c(c1)N(C)[C@@H](C)CC(=O)N2. The molecule has 2 rings (SSSR count). The first-order valence-corrected chi connectivity index (χ1v) is 5.32. The van der Waals surface area contributed by atoms with Gasteiger partial charge in [-0.2, -0.15) is 0 Å². The maximum Gasteiger partial charge on any atom is 0.226 e. The van der Waals surface area contributed by atoms with E-state index in [1.807, 2.05) is 32.2 Å². The van der Waals surface area contributed by atoms with Gasteiger partial charge in [0.1, 0.15) is 5.75 Å². The summed E-state index contributed by atoms with van der Waals surface area (Å²) in [5.74, 6) is 0.859. The van der Waals surface area contributed by atoms with Crippen molar-refractivity contribution in [3.8, 4) is 5.75 Å². The Hall–Kier alpha value is -1.71. The van der Waals surface area contributed by atoms with Crippen LogP contribution >= 0.6 is 0 Å². The average molecular weight is 220 g/mol. The second-order valence-electron chi connectivity index (χ2n) is 4.10. The van der Waals surface area contributed by atoms with E-state index in [9.17, 15) is 4.79 Å². The molecule has 1 heterocycles. The summed E-state index contributed by atoms with van der Waals surface area (Å²) in [6.45, 7) is 2.04. The molecule has 4 heteroatoms. The van der Waals surface area contributed by atoms with Gasteiger partial charge in [-0.3, -0.25) is 4.79 Å². The van der Waals surface area contributed by atoms with Gasteiger partial charge < -0.3 is 15.0 Å². The first kappa shape index (κ1) is 10.8. The predicted molar refractivity (Wildman–Crippen MR) is 64.1 cm³/mol. The van der Waals surface area contributed by atoms with E-state index in [1.165, 1.54) is 0 Å². The number of ether oxygens (including phenoxy) is 1. The number of hydrogen-bond acceptors (Lipinski definition) is 3. The third-order valence-electron chi connectivity index (χ3n) is 3.00. The van der Waals surface area contributed by atoms with Crippen LogP contribution in [0, 0.1) is 0 Å². The van der Waals surface area contributed by atoms with Crippen LogP contribution in [0.1, 0.15) is 13.3 Å². The van der Waals surface area contributed by atoms with E-state index in [-0.39, 0.29) is 11.9 Å². The highest BCUT2D eigenvalue weighted by Crippen LogP contribution is 2.33. The summed E-state index contributed by atoms with van der Waals surface area (Å²) in [6.07, 6.45) is 0.507. The number of carbonyl (C=O) groups excluding carboxylic acids is 1. The normalized spacial score (nSPS) is 19.8. The van der Waals surface area contributed by atoms with Gasteiger partial charge in [-0.05, 0) is 19.1 Å². The van der Waals surface area contributed by atoms with E-state index in [2.05, 4.69) is 10.2 Å². The third-order valence-corrected chi connectivity index (χ3v) is 3.00. The summed E-state index contributed by atoms with van der Waals surface area (Å²) < 4.78 is 5.19. The second-order valence-corrected chi connectivity index (χ2v) is 4.10. The Labute approximate surface area is 95.2 Å². The highest BCUT2D eigenvalue weighted by molar-refractivity contribution is 5.96. The fourth-order valence-corrected chi connectivity index (χ4v) is 1.88. The molecule has 4 nitrogen and oxygen atoms in total. The number of amides is 1. The van der Waals surface area contributed by atoms with Crippen LogP contribution in [-0.4, -0.2) is 26.1 Å². The van der Waals surface area contributed by atoms with Crippen molar-refractivity contribution in [2.75, 3.05) is 24.4 Å². The van der Waals surface area contributed by atoms with Gasteiger partial charge in [0.2, 0.25) is 5.91 Å². The molecule has 0 radical (unpaired) electrons. The molecular formula is C12H16N2O2. The number of nitrogens with zero attached hydrogens (tertiary/aromatic N) is 1. The molecule has 0 aromatic heterocycles. The van der Waals surface area contributed by atoms with Gasteiger partial charge in [-0.1, -0.05) is 0 Å². The highest BCUT2D eigenvalue weighted by atomic mass is 16.5. The second kappa shape index (κ2) is 4.04. The average Bonchev–Trinajstić information content (AvgIpc) is 2.37. The quantitative estimate of drug-likeness (QED) is 0.785. The number of methoxy groups -OCH3 is 1. The van der Waals surface area contributed by atoms with Gasteiger partial charge >= 0.3 is 0 Å². The standard InChI is InChI=1S/C12H16N2O2/c1-8-6-12(15)13-10-5-4-9(16-3)7-11(10)14(8)2/h4-5,7-8H,6H2,1-3H3,(H,13,15)/t8-/m0/s1. The molecule has 0 bridgehead atoms. The first-order valence-electron chi connectivity index (χ1n) is 5.32. The molecule has 0 fully saturated rings. The molecule has 1 aromatic carbocycles. The maximum absolute atomic E-state index is 11.6. The van der Waals surface area contributed by atoms with E-state index in [0.29, 0.717) is 6.42 Å². The lowest BCUT2D eigenvalue weighted by Crippen LogP contribution is -2.29. The Morgan fingerprint density at radius 1 is 1.50 bits per heavy atom. The smallest absolute Gasteiger partial charge is 0.226 e. The van der Waals surface area contributed by atoms with Gasteiger partial charge in [0.15, 0.2) is 0 Å². The molecule has 0 spiro atoms. The van der Waals surface area contributed by atoms with E-state index >= 15 is 0 Å². The molecule has 16 heavy (non-hydrogen) atoms. The van der Waals surface area contributed by atoms with Crippen molar-refractivity contribution in [3.05, 3.63) is 18.2 Å². The van der Waals surface area contributed by atoms with Gasteiger partial charge in [-0.15, -0.1) is 0 Å². The van der Waals surface area contributed by atoms with Gasteiger partial charge in [0, 0.05) is 25.6 Å². The summed E-state index contributed by atoms with van der Waals surface area (Å²) in [6, 6.07) is 5.86. The number of anilines is 2. The van der Waals surface area contributed by atoms with Crippen molar-refractivity contribution in [2.24, 2.45) is 0 Å². The highest BCUT2D eigenvalue weighted by Gasteiger charge is 2.22. The Bertz CT molecular complexity index is 417. The summed E-state index contributed by atoms with van der Waals surface area (Å²) in [7, 11) is 3.63. The predicted octanol–water partition coefficient (Wildman–Crippen LogP) is 1.86. The summed E-state index contributed by atoms with van der Waals surface area (Å²) in [5, 5.41) is 2.90. The van der Waals surface area contributed by atoms with E-state index in [1.54, 1.807) is 7.11 Å². The number of benzene rings is 1. The van der Waals surface area contributed by atoms with E-state index < -0.39 is 0 Å². The summed E-state index contributed by atoms with van der Waals surface area (Å²) in [4.78, 5) is 13.7. The minimum Gasteiger partial charge on any atom is -0.497 e. The van der Waals surface area contributed by atoms with Crippen molar-refractivity contribution < 1.29 is 9.53 Å². The third kappa shape index (κ3) is 1.83. The Kier molecular flexibility index (Phi) is 2.73. The van der Waals surface area contributed by atoms with Crippen LogP contribution in [0.15, 0.2) is 18.2 Å². The number of hydrogen-bond donors (Lipinski definition) is 1. The van der Waals surface area contributed by atoms with Gasteiger partial charge in [-0.25, -0.2) is 0 Å². The number of fused-ring (bicyclic) bond motifs is 1. The zero-order valence-electron chi connectivity index (χ0n) is 9.78. The molecule has 1 N–H and O–H groups in total. The van der Waals surface area contributed by atoms with Crippen molar-refractivity contribution in [3.63, 3.8) is 0 Å². The number of nitrogens with one attached hydrogen (secondary N) is 1. The molecule has 0 unspecified atom stereocenters. The lowest BCUT2D eigenvalue weighted by atomic mass is 10.2. The maximum atomic E-state index is 11.6. The number of carbonyl (C=O) groups is 1. The number of rotatable bonds is 1. The van der Waals surface area contributed by atoms with Crippen LogP contribution in [0.5, 0.6) is 5.75 Å². The molecule has 0 aliphatic carbocycles. The minimum absolute atomic E-state index is 0.0586. The van der Waals surface area contributed by atoms with E-state index in [4.69, 9.17) is 4.74 Å². The molecule has 1 aliphatic heterocycles. The fraction of sp³-hybridized carbons (Fsp3) is 0.417. The minimum atomic E-state index is 0.0586. The molecule has 0 saturated heterocycles. The van der Waals surface area contributed by atoms with Crippen molar-refractivity contribution >= 4 is 17.3 Å². The van der Waals surface area contributed by atoms with Crippen LogP contribution in [0.3, 0.4) is 0 Å². The summed E-state index contributed by atoms with van der Waals surface area (Å²) in [5.41, 5.74) is 1.84. The monoisotopic (exact) mass is 220 g/mol. The van der Waals surface area contributed by atoms with Crippen LogP contribution < -0.4 is 15.0 Å². The molecule has 1 aliphatic rings. The van der Waals surface area contributed by atoms with Crippen LogP contribution in [0.4, 0.5) is 11.4 Å². The first-order chi connectivity index (χ1) is 7.61. The molecule has 1 amide bonds. The van der Waals surface area contributed by atoms with Crippen LogP contribution in [-0.2, 0) is 4.79 Å². The largest absolute Gasteiger partial charge is 0.497 e. The van der Waals surface area contributed by atoms with Crippen molar-refractivity contribution in [1.29, 1.82) is 0 Å². The van der Waals surface area contributed by atoms with Crippen LogP contribution in [0.2, 0.25) is 0 Å². The van der Waals surface area contributed by atoms with Gasteiger partial charge in [0.05, 0.1) is 18.5 Å². The Balaban J connectivity index is 2.47. The lowest BCUT2D eigenvalue weighted by molar-refractivity contribution is -0.116. The summed E-state index contributed by atoms with van der Waals surface area (Å²) >= 11 is 0. The van der Waals surface area contributed by atoms with Crippen molar-refractivity contribution in [2.45, 2.75) is 19.4 Å². The lowest BCUT2D eigenvalue weighted by Gasteiger charge is -2.25. The topological polar surface area (TPSA) is 41.6 Å².